The monoisotopic (exact) mass is 467 g/mol. The molecule has 1 saturated carbocycles. The summed E-state index contributed by atoms with van der Waals surface area (Å²) >= 11 is 0. The van der Waals surface area contributed by atoms with Gasteiger partial charge in [-0.15, -0.1) is 0 Å². The zero-order chi connectivity index (χ0) is 24.5. The number of aromatic nitrogens is 2. The number of hydrogen-bond acceptors (Lipinski definition) is 6. The van der Waals surface area contributed by atoms with Crippen LogP contribution in [0.2, 0.25) is 0 Å². The number of anilines is 2. The third-order valence-electron chi connectivity index (χ3n) is 6.22. The standard InChI is InChI=1S/C25H27F2N5O2/c1-14-18(21-22(34-9-8-29-3)23(28)31-13-30-21)11-16(26)12-20(14)32-24(33)17-5-4-15(10-19(17)27)25(2)6-7-25/h4-5,10-13,29H,6-9H2,1-3H3,(H,32,33)(H2,28,30,31). The number of hydrogen-bond donors (Lipinski definition) is 3. The fourth-order valence-corrected chi connectivity index (χ4v) is 3.77. The molecule has 0 unspecified atom stereocenters. The molecule has 1 aliphatic rings. The molecule has 1 heterocycles. The lowest BCUT2D eigenvalue weighted by Crippen LogP contribution is -2.17. The van der Waals surface area contributed by atoms with Gasteiger partial charge in [0.2, 0.25) is 0 Å². The number of nitrogens with two attached hydrogens (primary N) is 1. The van der Waals surface area contributed by atoms with E-state index < -0.39 is 17.5 Å². The maximum absolute atomic E-state index is 14.7. The highest BCUT2D eigenvalue weighted by Gasteiger charge is 2.39. The van der Waals surface area contributed by atoms with Crippen molar-refractivity contribution in [3.05, 3.63) is 65.0 Å². The first-order valence-corrected chi connectivity index (χ1v) is 11.0. The van der Waals surface area contributed by atoms with Gasteiger partial charge in [-0.2, -0.15) is 0 Å². The summed E-state index contributed by atoms with van der Waals surface area (Å²) in [5, 5.41) is 5.59. The second-order valence-electron chi connectivity index (χ2n) is 8.72. The van der Waals surface area contributed by atoms with Crippen molar-refractivity contribution in [1.82, 2.24) is 15.3 Å². The molecule has 3 aromatic rings. The van der Waals surface area contributed by atoms with E-state index in [4.69, 9.17) is 10.5 Å². The second-order valence-corrected chi connectivity index (χ2v) is 8.72. The van der Waals surface area contributed by atoms with Gasteiger partial charge in [-0.3, -0.25) is 4.79 Å². The van der Waals surface area contributed by atoms with Crippen LogP contribution in [0.25, 0.3) is 11.3 Å². The Hall–Kier alpha value is -3.59. The van der Waals surface area contributed by atoms with E-state index in [0.29, 0.717) is 30.0 Å². The number of carbonyl (C=O) groups is 1. The van der Waals surface area contributed by atoms with Crippen LogP contribution in [-0.4, -0.2) is 36.1 Å². The Bertz CT molecular complexity index is 1240. The molecule has 1 fully saturated rings. The van der Waals surface area contributed by atoms with Crippen molar-refractivity contribution in [2.45, 2.75) is 32.1 Å². The molecule has 0 spiro atoms. The molecule has 9 heteroatoms. The van der Waals surface area contributed by atoms with Gasteiger partial charge in [0.25, 0.3) is 5.91 Å². The van der Waals surface area contributed by atoms with Crippen LogP contribution in [0.3, 0.4) is 0 Å². The summed E-state index contributed by atoms with van der Waals surface area (Å²) in [7, 11) is 1.78. The molecule has 0 radical (unpaired) electrons. The Morgan fingerprint density at radius 1 is 1.21 bits per heavy atom. The van der Waals surface area contributed by atoms with Crippen LogP contribution in [0, 0.1) is 18.6 Å². The second kappa shape index (κ2) is 9.34. The number of rotatable bonds is 8. The average Bonchev–Trinajstić information content (AvgIpc) is 3.55. The molecular weight excluding hydrogens is 440 g/mol. The smallest absolute Gasteiger partial charge is 0.258 e. The summed E-state index contributed by atoms with van der Waals surface area (Å²) in [6.45, 7) is 4.62. The van der Waals surface area contributed by atoms with Crippen molar-refractivity contribution in [2.75, 3.05) is 31.2 Å². The van der Waals surface area contributed by atoms with E-state index in [1.165, 1.54) is 30.6 Å². The third-order valence-corrected chi connectivity index (χ3v) is 6.22. The summed E-state index contributed by atoms with van der Waals surface area (Å²) in [5.41, 5.74) is 8.12. The SMILES string of the molecule is CNCCOc1c(N)ncnc1-c1cc(F)cc(NC(=O)c2ccc(C3(C)CC3)cc2F)c1C. The fourth-order valence-electron chi connectivity index (χ4n) is 3.77. The maximum atomic E-state index is 14.7. The molecule has 1 aromatic heterocycles. The first-order chi connectivity index (χ1) is 16.2. The lowest BCUT2D eigenvalue weighted by molar-refractivity contribution is 0.102. The lowest BCUT2D eigenvalue weighted by atomic mass is 9.96. The average molecular weight is 468 g/mol. The predicted molar refractivity (Wildman–Crippen MR) is 127 cm³/mol. The van der Waals surface area contributed by atoms with Crippen molar-refractivity contribution in [2.24, 2.45) is 0 Å². The Labute approximate surface area is 196 Å². The van der Waals surface area contributed by atoms with Gasteiger partial charge in [-0.1, -0.05) is 13.0 Å². The van der Waals surface area contributed by atoms with Gasteiger partial charge in [0.1, 0.15) is 30.3 Å². The quantitative estimate of drug-likeness (QED) is 0.429. The minimum absolute atomic E-state index is 0.0176. The first-order valence-electron chi connectivity index (χ1n) is 11.0. The summed E-state index contributed by atoms with van der Waals surface area (Å²) in [5.74, 6) is -1.55. The first kappa shape index (κ1) is 23.6. The molecule has 2 aromatic carbocycles. The Balaban J connectivity index is 1.65. The number of amides is 1. The highest BCUT2D eigenvalue weighted by atomic mass is 19.1. The Kier molecular flexibility index (Phi) is 6.47. The summed E-state index contributed by atoms with van der Waals surface area (Å²) in [6, 6.07) is 7.11. The van der Waals surface area contributed by atoms with E-state index in [-0.39, 0.29) is 28.2 Å². The molecule has 1 aliphatic carbocycles. The van der Waals surface area contributed by atoms with E-state index in [1.807, 2.05) is 0 Å². The zero-order valence-corrected chi connectivity index (χ0v) is 19.3. The van der Waals surface area contributed by atoms with Crippen molar-refractivity contribution in [3.63, 3.8) is 0 Å². The van der Waals surface area contributed by atoms with Gasteiger partial charge >= 0.3 is 0 Å². The molecule has 7 nitrogen and oxygen atoms in total. The fraction of sp³-hybridized carbons (Fsp3) is 0.320. The number of nitrogens with one attached hydrogen (secondary N) is 2. The van der Waals surface area contributed by atoms with E-state index >= 15 is 0 Å². The van der Waals surface area contributed by atoms with Gasteiger partial charge in [-0.05, 0) is 67.6 Å². The van der Waals surface area contributed by atoms with Gasteiger partial charge in [0.05, 0.1) is 5.56 Å². The lowest BCUT2D eigenvalue weighted by Gasteiger charge is -2.17. The van der Waals surface area contributed by atoms with Crippen LogP contribution in [0.5, 0.6) is 5.75 Å². The molecule has 0 bridgehead atoms. The van der Waals surface area contributed by atoms with E-state index in [1.54, 1.807) is 20.0 Å². The highest BCUT2D eigenvalue weighted by molar-refractivity contribution is 6.05. The molecule has 178 valence electrons. The van der Waals surface area contributed by atoms with Crippen molar-refractivity contribution < 1.29 is 18.3 Å². The van der Waals surface area contributed by atoms with Crippen LogP contribution in [0.1, 0.15) is 41.3 Å². The van der Waals surface area contributed by atoms with E-state index in [9.17, 15) is 13.6 Å². The Morgan fingerprint density at radius 3 is 2.65 bits per heavy atom. The number of carbonyl (C=O) groups excluding carboxylic acids is 1. The molecule has 1 amide bonds. The molecular formula is C25H27F2N5O2. The number of likely N-dealkylation sites (N-methyl/N-ethyl adjacent to an activating group) is 1. The highest BCUT2D eigenvalue weighted by Crippen LogP contribution is 2.47. The largest absolute Gasteiger partial charge is 0.486 e. The van der Waals surface area contributed by atoms with Gasteiger partial charge in [0, 0.05) is 17.8 Å². The van der Waals surface area contributed by atoms with Crippen LogP contribution >= 0.6 is 0 Å². The number of ether oxygens (including phenoxy) is 1. The van der Waals surface area contributed by atoms with Gasteiger partial charge < -0.3 is 21.1 Å². The molecule has 34 heavy (non-hydrogen) atoms. The number of nitrogens with zero attached hydrogens (tertiary/aromatic N) is 2. The van der Waals surface area contributed by atoms with Gasteiger partial charge in [-0.25, -0.2) is 18.7 Å². The van der Waals surface area contributed by atoms with E-state index in [0.717, 1.165) is 18.4 Å². The number of halogens is 2. The Morgan fingerprint density at radius 2 is 1.97 bits per heavy atom. The van der Waals surface area contributed by atoms with Crippen LogP contribution in [-0.2, 0) is 5.41 Å². The number of nitrogen functional groups attached to an aromatic ring is 1. The summed E-state index contributed by atoms with van der Waals surface area (Å²) in [4.78, 5) is 21.1. The van der Waals surface area contributed by atoms with Crippen molar-refractivity contribution in [1.29, 1.82) is 0 Å². The normalized spacial score (nSPS) is 14.0. The zero-order valence-electron chi connectivity index (χ0n) is 19.3. The minimum Gasteiger partial charge on any atom is -0.486 e. The maximum Gasteiger partial charge on any atom is 0.258 e. The van der Waals surface area contributed by atoms with Crippen molar-refractivity contribution >= 4 is 17.4 Å². The molecule has 0 aliphatic heterocycles. The molecule has 0 saturated heterocycles. The van der Waals surface area contributed by atoms with Crippen LogP contribution in [0.15, 0.2) is 36.7 Å². The topological polar surface area (TPSA) is 102 Å². The van der Waals surface area contributed by atoms with Crippen LogP contribution < -0.4 is 21.1 Å². The summed E-state index contributed by atoms with van der Waals surface area (Å²) < 4.78 is 35.1. The third kappa shape index (κ3) is 4.70. The van der Waals surface area contributed by atoms with Crippen molar-refractivity contribution in [3.8, 4) is 17.0 Å². The molecule has 0 atom stereocenters. The minimum atomic E-state index is -0.669. The van der Waals surface area contributed by atoms with Crippen LogP contribution in [0.4, 0.5) is 20.3 Å². The predicted octanol–water partition coefficient (Wildman–Crippen LogP) is 4.21. The molecule has 4 rings (SSSR count). The van der Waals surface area contributed by atoms with Gasteiger partial charge in [0.15, 0.2) is 11.6 Å². The number of benzene rings is 2. The van der Waals surface area contributed by atoms with E-state index in [2.05, 4.69) is 27.5 Å². The summed E-state index contributed by atoms with van der Waals surface area (Å²) in [6.07, 6.45) is 3.25. The molecule has 4 N–H and O–H groups in total.